The molecule has 0 radical (unpaired) electrons. The summed E-state index contributed by atoms with van der Waals surface area (Å²) in [6, 6.07) is 2.31. The van der Waals surface area contributed by atoms with Crippen molar-refractivity contribution in [2.75, 3.05) is 5.73 Å². The molecule has 0 saturated heterocycles. The average molecular weight is 451 g/mol. The number of alkyl carbamates (subject to hydrolysis) is 1. The fourth-order valence-corrected chi connectivity index (χ4v) is 3.17. The van der Waals surface area contributed by atoms with Crippen LogP contribution in [0.4, 0.5) is 10.6 Å². The molecular formula is C19H20Cl2N6O3. The monoisotopic (exact) mass is 450 g/mol. The Bertz CT molecular complexity index is 1170. The van der Waals surface area contributed by atoms with Gasteiger partial charge in [0.2, 0.25) is 0 Å². The summed E-state index contributed by atoms with van der Waals surface area (Å²) in [6.07, 6.45) is 1.96. The number of nitrogens with one attached hydrogen (secondary N) is 1. The van der Waals surface area contributed by atoms with Crippen molar-refractivity contribution >= 4 is 46.0 Å². The van der Waals surface area contributed by atoms with E-state index in [9.17, 15) is 9.59 Å². The Morgan fingerprint density at radius 2 is 1.87 bits per heavy atom. The number of amides is 1. The van der Waals surface area contributed by atoms with E-state index in [0.29, 0.717) is 0 Å². The van der Waals surface area contributed by atoms with Crippen LogP contribution in [-0.4, -0.2) is 31.2 Å². The van der Waals surface area contributed by atoms with Crippen LogP contribution < -0.4 is 16.6 Å². The number of nitrogens with zero attached hydrogens (tertiary/aromatic N) is 4. The topological polar surface area (TPSA) is 125 Å². The van der Waals surface area contributed by atoms with E-state index in [4.69, 9.17) is 33.7 Å². The molecule has 1 atom stereocenters. The number of benzene rings is 1. The van der Waals surface area contributed by atoms with Gasteiger partial charge in [0.1, 0.15) is 17.2 Å². The summed E-state index contributed by atoms with van der Waals surface area (Å²) >= 11 is 12.5. The number of hydrogen-bond acceptors (Lipinski definition) is 7. The van der Waals surface area contributed by atoms with Gasteiger partial charge in [0.25, 0.3) is 5.56 Å². The lowest BCUT2D eigenvalue weighted by atomic mass is 10.2. The zero-order valence-corrected chi connectivity index (χ0v) is 18.2. The van der Waals surface area contributed by atoms with Crippen LogP contribution in [-0.2, 0) is 4.74 Å². The maximum atomic E-state index is 13.4. The summed E-state index contributed by atoms with van der Waals surface area (Å²) < 4.78 is 6.50. The van der Waals surface area contributed by atoms with E-state index in [1.54, 1.807) is 33.8 Å². The highest BCUT2D eigenvalue weighted by molar-refractivity contribution is 6.39. The minimum atomic E-state index is -0.744. The van der Waals surface area contributed by atoms with Gasteiger partial charge in [0.05, 0.1) is 39.4 Å². The largest absolute Gasteiger partial charge is 0.444 e. The van der Waals surface area contributed by atoms with Crippen molar-refractivity contribution in [3.05, 3.63) is 50.7 Å². The minimum absolute atomic E-state index is 0.121. The molecule has 0 aliphatic heterocycles. The molecule has 2 aromatic heterocycles. The fourth-order valence-electron chi connectivity index (χ4n) is 2.74. The number of halogens is 2. The van der Waals surface area contributed by atoms with Crippen molar-refractivity contribution in [2.24, 2.45) is 0 Å². The lowest BCUT2D eigenvalue weighted by Crippen LogP contribution is -2.37. The third kappa shape index (κ3) is 4.47. The van der Waals surface area contributed by atoms with Crippen LogP contribution in [0.3, 0.4) is 0 Å². The molecule has 1 aromatic carbocycles. The van der Waals surface area contributed by atoms with Gasteiger partial charge >= 0.3 is 6.09 Å². The van der Waals surface area contributed by atoms with Crippen molar-refractivity contribution in [2.45, 2.75) is 39.3 Å². The number of fused-ring (bicyclic) bond motifs is 1. The van der Waals surface area contributed by atoms with Crippen LogP contribution in [0.1, 0.15) is 39.6 Å². The standard InChI is InChI=1S/C19H20Cl2N6O3/c1-9(25-18(29)30-19(2,3)4)16-26-15-11(21)6-5-10(20)14(15)17(28)27(16)13-8-23-12(22)7-24-13/h5-9H,1-4H3,(H2,22,23)(H,25,29)/t9-/m0/s1. The number of anilines is 1. The first-order chi connectivity index (χ1) is 14.0. The Balaban J connectivity index is 2.22. The van der Waals surface area contributed by atoms with Crippen LogP contribution in [0.15, 0.2) is 29.3 Å². The Morgan fingerprint density at radius 1 is 1.20 bits per heavy atom. The summed E-state index contributed by atoms with van der Waals surface area (Å²) in [5.74, 6) is 0.511. The van der Waals surface area contributed by atoms with Crippen LogP contribution in [0.5, 0.6) is 0 Å². The molecule has 0 fully saturated rings. The molecule has 3 aromatic rings. The Hall–Kier alpha value is -2.91. The normalized spacial score (nSPS) is 12.6. The summed E-state index contributed by atoms with van der Waals surface area (Å²) in [6.45, 7) is 6.88. The Labute approximate surface area is 182 Å². The van der Waals surface area contributed by atoms with Crippen molar-refractivity contribution < 1.29 is 9.53 Å². The number of carbonyl (C=O) groups excluding carboxylic acids is 1. The summed E-state index contributed by atoms with van der Waals surface area (Å²) in [4.78, 5) is 38.3. The molecule has 3 rings (SSSR count). The molecule has 0 aliphatic carbocycles. The van der Waals surface area contributed by atoms with Gasteiger partial charge in [-0.15, -0.1) is 0 Å². The molecule has 0 aliphatic rings. The van der Waals surface area contributed by atoms with Gasteiger partial charge in [-0.2, -0.15) is 0 Å². The third-order valence-corrected chi connectivity index (χ3v) is 4.58. The molecule has 3 N–H and O–H groups in total. The maximum Gasteiger partial charge on any atom is 0.408 e. The van der Waals surface area contributed by atoms with Gasteiger partial charge in [0, 0.05) is 0 Å². The van der Waals surface area contributed by atoms with E-state index in [1.807, 2.05) is 0 Å². The maximum absolute atomic E-state index is 13.4. The van der Waals surface area contributed by atoms with Gasteiger partial charge in [-0.05, 0) is 39.8 Å². The zero-order chi connectivity index (χ0) is 22.2. The molecule has 30 heavy (non-hydrogen) atoms. The Kier molecular flexibility index (Phi) is 5.87. The summed E-state index contributed by atoms with van der Waals surface area (Å²) in [5, 5.41) is 3.22. The first kappa shape index (κ1) is 21.8. The lowest BCUT2D eigenvalue weighted by Gasteiger charge is -2.23. The molecule has 0 spiro atoms. The predicted molar refractivity (Wildman–Crippen MR) is 115 cm³/mol. The van der Waals surface area contributed by atoms with E-state index < -0.39 is 23.3 Å². The first-order valence-electron chi connectivity index (χ1n) is 8.96. The SMILES string of the molecule is C[C@H](NC(=O)OC(C)(C)C)c1nc2c(Cl)ccc(Cl)c2c(=O)n1-c1cnc(N)cn1. The highest BCUT2D eigenvalue weighted by atomic mass is 35.5. The number of rotatable bonds is 3. The molecule has 9 nitrogen and oxygen atoms in total. The molecule has 0 saturated carbocycles. The second-order valence-electron chi connectivity index (χ2n) is 7.53. The number of aromatic nitrogens is 4. The molecule has 2 heterocycles. The van der Waals surface area contributed by atoms with Gasteiger partial charge in [-0.1, -0.05) is 23.2 Å². The van der Waals surface area contributed by atoms with Crippen LogP contribution >= 0.6 is 23.2 Å². The Morgan fingerprint density at radius 3 is 2.47 bits per heavy atom. The third-order valence-electron chi connectivity index (χ3n) is 3.96. The van der Waals surface area contributed by atoms with E-state index in [2.05, 4.69) is 20.3 Å². The molecule has 158 valence electrons. The number of hydrogen-bond donors (Lipinski definition) is 2. The van der Waals surface area contributed by atoms with E-state index in [-0.39, 0.29) is 38.4 Å². The molecule has 1 amide bonds. The summed E-state index contributed by atoms with van der Waals surface area (Å²) in [5.41, 5.74) is 4.61. The second kappa shape index (κ2) is 8.08. The molecule has 0 unspecified atom stereocenters. The quantitative estimate of drug-likeness (QED) is 0.623. The van der Waals surface area contributed by atoms with E-state index >= 15 is 0 Å². The molecule has 11 heteroatoms. The average Bonchev–Trinajstić information content (AvgIpc) is 2.63. The minimum Gasteiger partial charge on any atom is -0.444 e. The molecule has 0 bridgehead atoms. The van der Waals surface area contributed by atoms with E-state index in [1.165, 1.54) is 23.0 Å². The highest BCUT2D eigenvalue weighted by Crippen LogP contribution is 2.28. The van der Waals surface area contributed by atoms with Gasteiger partial charge in [-0.25, -0.2) is 24.3 Å². The molecular weight excluding hydrogens is 431 g/mol. The number of carbonyl (C=O) groups is 1. The highest BCUT2D eigenvalue weighted by Gasteiger charge is 2.24. The number of nitrogen functional groups attached to an aromatic ring is 1. The number of nitrogens with two attached hydrogens (primary N) is 1. The fraction of sp³-hybridized carbons (Fsp3) is 0.316. The smallest absolute Gasteiger partial charge is 0.408 e. The van der Waals surface area contributed by atoms with Crippen molar-refractivity contribution in [3.63, 3.8) is 0 Å². The van der Waals surface area contributed by atoms with Crippen LogP contribution in [0.2, 0.25) is 10.0 Å². The van der Waals surface area contributed by atoms with Crippen molar-refractivity contribution in [3.8, 4) is 5.82 Å². The summed E-state index contributed by atoms with van der Waals surface area (Å²) in [7, 11) is 0. The van der Waals surface area contributed by atoms with E-state index in [0.717, 1.165) is 0 Å². The predicted octanol–water partition coefficient (Wildman–Crippen LogP) is 3.65. The van der Waals surface area contributed by atoms with Crippen LogP contribution in [0, 0.1) is 0 Å². The van der Waals surface area contributed by atoms with Gasteiger partial charge in [-0.3, -0.25) is 4.79 Å². The van der Waals surface area contributed by atoms with Gasteiger partial charge in [0.15, 0.2) is 5.82 Å². The first-order valence-corrected chi connectivity index (χ1v) is 9.71. The van der Waals surface area contributed by atoms with Crippen molar-refractivity contribution in [1.29, 1.82) is 0 Å². The lowest BCUT2D eigenvalue weighted by molar-refractivity contribution is 0.0505. The van der Waals surface area contributed by atoms with Gasteiger partial charge < -0.3 is 15.8 Å². The van der Waals surface area contributed by atoms with Crippen molar-refractivity contribution in [1.82, 2.24) is 24.8 Å². The zero-order valence-electron chi connectivity index (χ0n) is 16.7. The van der Waals surface area contributed by atoms with Crippen LogP contribution in [0.25, 0.3) is 16.7 Å². The number of ether oxygens (including phenoxy) is 1. The second-order valence-corrected chi connectivity index (χ2v) is 8.35.